The van der Waals surface area contributed by atoms with Gasteiger partial charge < -0.3 is 10.2 Å². The number of nitrogens with one attached hydrogen (secondary N) is 1. The fourth-order valence-electron chi connectivity index (χ4n) is 3.42. The first kappa shape index (κ1) is 18.3. The molecule has 1 N–H and O–H groups in total. The lowest BCUT2D eigenvalue weighted by Crippen LogP contribution is -2.58. The Morgan fingerprint density at radius 3 is 2.58 bits per heavy atom. The molecule has 1 aromatic heterocycles. The zero-order valence-electron chi connectivity index (χ0n) is 13.7. The van der Waals surface area contributed by atoms with Gasteiger partial charge in [0.05, 0.1) is 33.9 Å². The number of carbonyl (C=O) groups is 1. The summed E-state index contributed by atoms with van der Waals surface area (Å²) in [5.74, 6) is -1.94. The van der Waals surface area contributed by atoms with Crippen LogP contribution in [-0.2, 0) is 4.79 Å². The summed E-state index contributed by atoms with van der Waals surface area (Å²) in [6, 6.07) is -0.585. The highest BCUT2D eigenvalue weighted by molar-refractivity contribution is 14.1. The van der Waals surface area contributed by atoms with E-state index >= 15 is 0 Å². The molecule has 2 aliphatic heterocycles. The van der Waals surface area contributed by atoms with Crippen molar-refractivity contribution in [2.75, 3.05) is 23.3 Å². The number of benzene rings is 1. The Morgan fingerprint density at radius 1 is 1.19 bits per heavy atom. The van der Waals surface area contributed by atoms with Gasteiger partial charge in [-0.1, -0.05) is 0 Å². The quantitative estimate of drug-likeness (QED) is 0.379. The third-order valence-electron chi connectivity index (χ3n) is 4.85. The van der Waals surface area contributed by atoms with Crippen LogP contribution in [-0.4, -0.2) is 42.0 Å². The van der Waals surface area contributed by atoms with Gasteiger partial charge in [-0.2, -0.15) is 4.98 Å². The van der Waals surface area contributed by atoms with Crippen molar-refractivity contribution >= 4 is 74.0 Å². The first-order valence-corrected chi connectivity index (χ1v) is 9.75. The van der Waals surface area contributed by atoms with Crippen LogP contribution >= 0.6 is 45.7 Å². The minimum absolute atomic E-state index is 0.0694. The summed E-state index contributed by atoms with van der Waals surface area (Å²) in [5, 5.41) is 2.71. The monoisotopic (exact) mass is 587 g/mol. The van der Waals surface area contributed by atoms with Gasteiger partial charge in [0.15, 0.2) is 11.6 Å². The molecule has 138 valence electrons. The first-order chi connectivity index (χ1) is 12.2. The van der Waals surface area contributed by atoms with Crippen molar-refractivity contribution in [2.24, 2.45) is 0 Å². The number of carbonyl (C=O) groups excluding carboxylic acids is 1. The average Bonchev–Trinajstić information content (AvgIpc) is 2.70. The molecule has 0 bridgehead atoms. The number of fused-ring (bicyclic) bond motifs is 2. The number of anilines is 2. The molecule has 11 heteroatoms. The molecule has 0 radical (unpaired) electrons. The molecule has 1 amide bonds. The SMILES string of the molecule is Cc1c(F)c2c3c(nc(=O)n(I)c3c1F)N1CC(C)N(I)CC1C(=O)N2. The van der Waals surface area contributed by atoms with Crippen LogP contribution < -0.4 is 15.9 Å². The van der Waals surface area contributed by atoms with Crippen LogP contribution in [0.15, 0.2) is 4.79 Å². The van der Waals surface area contributed by atoms with E-state index in [-0.39, 0.29) is 34.0 Å². The number of amides is 1. The van der Waals surface area contributed by atoms with Crippen LogP contribution in [0.2, 0.25) is 0 Å². The third kappa shape index (κ3) is 2.46. The molecule has 0 aliphatic carbocycles. The molecule has 2 aromatic rings. The molecular weight excluding hydrogens is 574 g/mol. The molecule has 1 saturated heterocycles. The van der Waals surface area contributed by atoms with Gasteiger partial charge in [-0.3, -0.25) is 4.79 Å². The fourth-order valence-corrected chi connectivity index (χ4v) is 4.53. The van der Waals surface area contributed by atoms with E-state index in [2.05, 4.69) is 33.2 Å². The number of halogens is 4. The van der Waals surface area contributed by atoms with E-state index in [1.807, 2.05) is 10.0 Å². The summed E-state index contributed by atoms with van der Waals surface area (Å²) in [6.45, 7) is 4.03. The zero-order chi connectivity index (χ0) is 18.9. The van der Waals surface area contributed by atoms with Gasteiger partial charge in [-0.25, -0.2) is 19.5 Å². The maximum Gasteiger partial charge on any atom is 0.359 e. The molecule has 2 atom stereocenters. The van der Waals surface area contributed by atoms with Crippen molar-refractivity contribution < 1.29 is 13.6 Å². The lowest BCUT2D eigenvalue weighted by atomic mass is 10.1. The van der Waals surface area contributed by atoms with E-state index in [9.17, 15) is 18.4 Å². The average molecular weight is 587 g/mol. The van der Waals surface area contributed by atoms with Crippen molar-refractivity contribution in [3.63, 3.8) is 0 Å². The molecule has 26 heavy (non-hydrogen) atoms. The molecule has 0 saturated carbocycles. The van der Waals surface area contributed by atoms with E-state index in [0.29, 0.717) is 13.1 Å². The second kappa shape index (κ2) is 6.22. The lowest BCUT2D eigenvalue weighted by molar-refractivity contribution is -0.118. The summed E-state index contributed by atoms with van der Waals surface area (Å²) in [7, 11) is 0. The topological polar surface area (TPSA) is 70.5 Å². The van der Waals surface area contributed by atoms with Crippen LogP contribution in [0, 0.1) is 18.6 Å². The summed E-state index contributed by atoms with van der Waals surface area (Å²) in [4.78, 5) is 30.9. The molecule has 4 rings (SSSR count). The summed E-state index contributed by atoms with van der Waals surface area (Å²) < 4.78 is 32.7. The normalized spacial score (nSPS) is 23.0. The van der Waals surface area contributed by atoms with Gasteiger partial charge in [0.1, 0.15) is 17.4 Å². The Balaban J connectivity index is 2.14. The number of hydrogen-bond acceptors (Lipinski definition) is 5. The summed E-state index contributed by atoms with van der Waals surface area (Å²) in [6.07, 6.45) is 0. The summed E-state index contributed by atoms with van der Waals surface area (Å²) in [5.41, 5.74) is -1.11. The molecule has 0 spiro atoms. The van der Waals surface area contributed by atoms with Crippen molar-refractivity contribution in [3.05, 3.63) is 27.7 Å². The predicted molar refractivity (Wildman–Crippen MR) is 110 cm³/mol. The summed E-state index contributed by atoms with van der Waals surface area (Å²) >= 11 is 3.78. The molecular formula is C15H13F2I2N5O2. The smallest absolute Gasteiger partial charge is 0.341 e. The van der Waals surface area contributed by atoms with Crippen molar-refractivity contribution in [3.8, 4) is 0 Å². The van der Waals surface area contributed by atoms with Crippen LogP contribution in [0.4, 0.5) is 20.3 Å². The maximum absolute atomic E-state index is 14.8. The zero-order valence-corrected chi connectivity index (χ0v) is 18.0. The Kier molecular flexibility index (Phi) is 4.38. The second-order valence-corrected chi connectivity index (χ2v) is 8.64. The van der Waals surface area contributed by atoms with Crippen LogP contribution in [0.3, 0.4) is 0 Å². The Labute approximate surface area is 174 Å². The standard InChI is InChI=1S/C15H13F2I2N5O2/c1-5-3-22-7(4-23(5)18)14(25)20-11-8-12(10(17)6(2)9(11)16)24(19)15(26)21-13(8)22/h5,7H,3-4H2,1-2H3,(H,20,25). The molecule has 2 unspecified atom stereocenters. The molecule has 7 nitrogen and oxygen atoms in total. The number of piperazine rings is 1. The van der Waals surface area contributed by atoms with Crippen LogP contribution in [0.25, 0.3) is 10.9 Å². The molecule has 1 aromatic carbocycles. The molecule has 3 heterocycles. The Bertz CT molecular complexity index is 1030. The fraction of sp³-hybridized carbons (Fsp3) is 0.400. The van der Waals surface area contributed by atoms with Gasteiger partial charge in [-0.05, 0) is 13.8 Å². The van der Waals surface area contributed by atoms with Gasteiger partial charge in [0.25, 0.3) is 0 Å². The second-order valence-electron chi connectivity index (χ2n) is 6.44. The van der Waals surface area contributed by atoms with Crippen LogP contribution in [0.5, 0.6) is 0 Å². The third-order valence-corrected chi connectivity index (χ3v) is 7.09. The maximum atomic E-state index is 14.8. The number of hydrogen-bond donors (Lipinski definition) is 1. The largest absolute Gasteiger partial charge is 0.359 e. The molecule has 2 aliphatic rings. The number of aromatic nitrogens is 2. The van der Waals surface area contributed by atoms with Crippen LogP contribution in [0.1, 0.15) is 12.5 Å². The number of rotatable bonds is 0. The highest BCUT2D eigenvalue weighted by Crippen LogP contribution is 2.40. The lowest BCUT2D eigenvalue weighted by Gasteiger charge is -2.41. The number of nitrogens with zero attached hydrogens (tertiary/aromatic N) is 4. The van der Waals surface area contributed by atoms with Gasteiger partial charge in [0, 0.05) is 47.6 Å². The van der Waals surface area contributed by atoms with E-state index in [0.717, 1.165) is 2.78 Å². The van der Waals surface area contributed by atoms with E-state index in [4.69, 9.17) is 0 Å². The minimum atomic E-state index is -0.847. The Morgan fingerprint density at radius 2 is 1.88 bits per heavy atom. The van der Waals surface area contributed by atoms with Crippen molar-refractivity contribution in [1.82, 2.24) is 10.9 Å². The Hall–Kier alpha value is -1.09. The first-order valence-electron chi connectivity index (χ1n) is 7.82. The van der Waals surface area contributed by atoms with Crippen molar-refractivity contribution in [1.29, 1.82) is 0 Å². The predicted octanol–water partition coefficient (Wildman–Crippen LogP) is 2.36. The van der Waals surface area contributed by atoms with E-state index in [1.54, 1.807) is 27.8 Å². The van der Waals surface area contributed by atoms with Crippen molar-refractivity contribution in [2.45, 2.75) is 25.9 Å². The highest BCUT2D eigenvalue weighted by Gasteiger charge is 2.41. The van der Waals surface area contributed by atoms with E-state index in [1.165, 1.54) is 6.92 Å². The van der Waals surface area contributed by atoms with Gasteiger partial charge >= 0.3 is 5.69 Å². The highest BCUT2D eigenvalue weighted by atomic mass is 127. The van der Waals surface area contributed by atoms with Gasteiger partial charge in [0.2, 0.25) is 5.91 Å². The van der Waals surface area contributed by atoms with E-state index < -0.39 is 29.3 Å². The molecule has 1 fully saturated rings. The minimum Gasteiger partial charge on any atom is -0.341 e. The van der Waals surface area contributed by atoms with Gasteiger partial charge in [-0.15, -0.1) is 0 Å².